The molecule has 2 aromatic carbocycles. The highest BCUT2D eigenvalue weighted by atomic mass is 79.9. The fraction of sp³-hybridized carbons (Fsp3) is 0.0769. The maximum atomic E-state index is 14.0. The Labute approximate surface area is 130 Å². The molecule has 7 heteroatoms. The van der Waals surface area contributed by atoms with E-state index in [0.29, 0.717) is 5.56 Å². The van der Waals surface area contributed by atoms with Gasteiger partial charge in [0.2, 0.25) is 5.82 Å². The van der Waals surface area contributed by atoms with Crippen molar-refractivity contribution in [3.63, 3.8) is 0 Å². The van der Waals surface area contributed by atoms with Gasteiger partial charge >= 0.3 is 0 Å². The molecule has 0 saturated heterocycles. The number of hydrogen-bond acceptors (Lipinski definition) is 2. The summed E-state index contributed by atoms with van der Waals surface area (Å²) in [5.41, 5.74) is 5.97. The molecule has 20 heavy (non-hydrogen) atoms. The Hall–Kier alpha value is -1.05. The standard InChI is InChI=1S/C13H8Br2F3NO/c14-7-3-8(16)12(17)10(4-7)20-9-2-1-6(5-19)11(15)13(9)18/h1-4H,5,19H2. The first kappa shape index (κ1) is 15.3. The highest BCUT2D eigenvalue weighted by Gasteiger charge is 2.16. The molecular formula is C13H8Br2F3NO. The second kappa shape index (κ2) is 6.15. The molecular weight excluding hydrogens is 403 g/mol. The molecule has 0 aliphatic carbocycles. The highest BCUT2D eigenvalue weighted by Crippen LogP contribution is 2.34. The molecule has 0 bridgehead atoms. The quantitative estimate of drug-likeness (QED) is 0.732. The van der Waals surface area contributed by atoms with Gasteiger partial charge in [-0.05, 0) is 39.7 Å². The summed E-state index contributed by atoms with van der Waals surface area (Å²) in [5, 5.41) is 0. The Balaban J connectivity index is 2.43. The van der Waals surface area contributed by atoms with Crippen LogP contribution >= 0.6 is 31.9 Å². The molecule has 106 valence electrons. The molecule has 2 nitrogen and oxygen atoms in total. The molecule has 0 fully saturated rings. The molecule has 0 saturated carbocycles. The van der Waals surface area contributed by atoms with Crippen LogP contribution < -0.4 is 10.5 Å². The third kappa shape index (κ3) is 2.99. The SMILES string of the molecule is NCc1ccc(Oc2cc(Br)cc(F)c2F)c(F)c1Br. The molecule has 0 aliphatic rings. The van der Waals surface area contributed by atoms with Crippen LogP contribution in [0.2, 0.25) is 0 Å². The molecule has 2 aromatic rings. The van der Waals surface area contributed by atoms with Crippen molar-refractivity contribution in [1.29, 1.82) is 0 Å². The zero-order valence-electron chi connectivity index (χ0n) is 9.89. The van der Waals surface area contributed by atoms with E-state index in [0.717, 1.165) is 6.07 Å². The van der Waals surface area contributed by atoms with Gasteiger partial charge in [-0.2, -0.15) is 4.39 Å². The average Bonchev–Trinajstić information content (AvgIpc) is 2.41. The van der Waals surface area contributed by atoms with Crippen LogP contribution in [-0.2, 0) is 6.54 Å². The van der Waals surface area contributed by atoms with E-state index in [-0.39, 0.29) is 21.2 Å². The summed E-state index contributed by atoms with van der Waals surface area (Å²) in [4.78, 5) is 0. The van der Waals surface area contributed by atoms with Gasteiger partial charge in [-0.25, -0.2) is 8.78 Å². The van der Waals surface area contributed by atoms with Gasteiger partial charge in [0.15, 0.2) is 23.1 Å². The zero-order chi connectivity index (χ0) is 14.9. The Bertz CT molecular complexity index is 665. The Kier molecular flexibility index (Phi) is 4.72. The first-order chi connectivity index (χ1) is 9.43. The summed E-state index contributed by atoms with van der Waals surface area (Å²) in [6.07, 6.45) is 0. The van der Waals surface area contributed by atoms with Crippen molar-refractivity contribution in [3.8, 4) is 11.5 Å². The number of hydrogen-bond donors (Lipinski definition) is 1. The second-order valence-corrected chi connectivity index (χ2v) is 5.57. The van der Waals surface area contributed by atoms with Crippen LogP contribution in [0.5, 0.6) is 11.5 Å². The van der Waals surface area contributed by atoms with Crippen LogP contribution in [0, 0.1) is 17.5 Å². The fourth-order valence-electron chi connectivity index (χ4n) is 1.53. The van der Waals surface area contributed by atoms with E-state index >= 15 is 0 Å². The molecule has 0 aromatic heterocycles. The van der Waals surface area contributed by atoms with Crippen LogP contribution in [0.4, 0.5) is 13.2 Å². The van der Waals surface area contributed by atoms with E-state index in [1.54, 1.807) is 0 Å². The summed E-state index contributed by atoms with van der Waals surface area (Å²) < 4.78 is 46.3. The van der Waals surface area contributed by atoms with Gasteiger partial charge in [-0.3, -0.25) is 0 Å². The second-order valence-electron chi connectivity index (χ2n) is 3.86. The number of ether oxygens (including phenoxy) is 1. The van der Waals surface area contributed by atoms with Gasteiger partial charge in [-0.15, -0.1) is 0 Å². The van der Waals surface area contributed by atoms with Gasteiger partial charge in [-0.1, -0.05) is 22.0 Å². The predicted octanol–water partition coefficient (Wildman–Crippen LogP) is 4.88. The number of rotatable bonds is 3. The van der Waals surface area contributed by atoms with E-state index in [9.17, 15) is 13.2 Å². The van der Waals surface area contributed by atoms with Crippen LogP contribution in [0.3, 0.4) is 0 Å². The molecule has 2 N–H and O–H groups in total. The summed E-state index contributed by atoms with van der Waals surface area (Å²) in [6, 6.07) is 5.00. The summed E-state index contributed by atoms with van der Waals surface area (Å²) in [7, 11) is 0. The summed E-state index contributed by atoms with van der Waals surface area (Å²) >= 11 is 6.05. The lowest BCUT2D eigenvalue weighted by molar-refractivity contribution is 0.395. The Morgan fingerprint density at radius 3 is 2.35 bits per heavy atom. The predicted molar refractivity (Wildman–Crippen MR) is 76.1 cm³/mol. The maximum Gasteiger partial charge on any atom is 0.201 e. The smallest absolute Gasteiger partial charge is 0.201 e. The number of halogens is 5. The van der Waals surface area contributed by atoms with Crippen molar-refractivity contribution in [2.24, 2.45) is 5.73 Å². The molecule has 0 spiro atoms. The minimum absolute atomic E-state index is 0.133. The summed E-state index contributed by atoms with van der Waals surface area (Å²) in [5.74, 6) is -3.65. The van der Waals surface area contributed by atoms with E-state index < -0.39 is 23.2 Å². The number of benzene rings is 2. The van der Waals surface area contributed by atoms with Crippen LogP contribution in [0.1, 0.15) is 5.56 Å². The van der Waals surface area contributed by atoms with Gasteiger partial charge in [0, 0.05) is 11.0 Å². The van der Waals surface area contributed by atoms with E-state index in [4.69, 9.17) is 10.5 Å². The van der Waals surface area contributed by atoms with E-state index in [1.165, 1.54) is 18.2 Å². The molecule has 0 radical (unpaired) electrons. The van der Waals surface area contributed by atoms with Gasteiger partial charge < -0.3 is 10.5 Å². The average molecular weight is 411 g/mol. The first-order valence-electron chi connectivity index (χ1n) is 5.43. The van der Waals surface area contributed by atoms with Crippen molar-refractivity contribution >= 4 is 31.9 Å². The summed E-state index contributed by atoms with van der Waals surface area (Å²) in [6.45, 7) is 0.137. The topological polar surface area (TPSA) is 35.2 Å². The Morgan fingerprint density at radius 1 is 1.00 bits per heavy atom. The third-order valence-corrected chi connectivity index (χ3v) is 3.84. The normalized spacial score (nSPS) is 10.7. The van der Waals surface area contributed by atoms with Gasteiger partial charge in [0.05, 0.1) is 4.47 Å². The molecule has 0 amide bonds. The molecule has 0 aliphatic heterocycles. The lowest BCUT2D eigenvalue weighted by Crippen LogP contribution is -2.01. The zero-order valence-corrected chi connectivity index (χ0v) is 13.1. The molecule has 0 unspecified atom stereocenters. The van der Waals surface area contributed by atoms with Crippen molar-refractivity contribution in [2.75, 3.05) is 0 Å². The van der Waals surface area contributed by atoms with Crippen molar-refractivity contribution in [3.05, 3.63) is 56.2 Å². The Morgan fingerprint density at radius 2 is 1.70 bits per heavy atom. The molecule has 0 atom stereocenters. The van der Waals surface area contributed by atoms with Crippen LogP contribution in [0.25, 0.3) is 0 Å². The minimum Gasteiger partial charge on any atom is -0.451 e. The van der Waals surface area contributed by atoms with Crippen molar-refractivity contribution < 1.29 is 17.9 Å². The lowest BCUT2D eigenvalue weighted by Gasteiger charge is -2.11. The molecule has 2 rings (SSSR count). The van der Waals surface area contributed by atoms with E-state index in [2.05, 4.69) is 31.9 Å². The maximum absolute atomic E-state index is 14.0. The van der Waals surface area contributed by atoms with Gasteiger partial charge in [0.25, 0.3) is 0 Å². The first-order valence-corrected chi connectivity index (χ1v) is 7.02. The fourth-order valence-corrected chi connectivity index (χ4v) is 2.43. The minimum atomic E-state index is -1.19. The number of nitrogens with two attached hydrogens (primary N) is 1. The molecule has 0 heterocycles. The monoisotopic (exact) mass is 409 g/mol. The third-order valence-electron chi connectivity index (χ3n) is 2.53. The van der Waals surface area contributed by atoms with Crippen molar-refractivity contribution in [2.45, 2.75) is 6.54 Å². The van der Waals surface area contributed by atoms with Crippen LogP contribution in [-0.4, -0.2) is 0 Å². The highest BCUT2D eigenvalue weighted by molar-refractivity contribution is 9.10. The lowest BCUT2D eigenvalue weighted by atomic mass is 10.2. The largest absolute Gasteiger partial charge is 0.451 e. The van der Waals surface area contributed by atoms with E-state index in [1.807, 2.05) is 0 Å². The van der Waals surface area contributed by atoms with Crippen LogP contribution in [0.15, 0.2) is 33.2 Å². The van der Waals surface area contributed by atoms with Gasteiger partial charge in [0.1, 0.15) is 0 Å². The van der Waals surface area contributed by atoms with Crippen molar-refractivity contribution in [1.82, 2.24) is 0 Å².